The second-order valence-corrected chi connectivity index (χ2v) is 11.0. The Labute approximate surface area is 279 Å². The van der Waals surface area contributed by atoms with Crippen LogP contribution in [-0.2, 0) is 0 Å². The molecule has 0 N–H and O–H groups in total. The molecule has 0 radical (unpaired) electrons. The van der Waals surface area contributed by atoms with Gasteiger partial charge in [0.05, 0.1) is 21.2 Å². The van der Waals surface area contributed by atoms with Crippen molar-refractivity contribution in [2.75, 3.05) is 0 Å². The first-order valence-electron chi connectivity index (χ1n) is 18.4. The molecule has 0 aliphatic rings. The summed E-state index contributed by atoms with van der Waals surface area (Å²) >= 11 is 0. The maximum Gasteiger partial charge on any atom is 0.164 e. The summed E-state index contributed by atoms with van der Waals surface area (Å²) in [6.45, 7) is 0. The van der Waals surface area contributed by atoms with E-state index < -0.39 is 42.3 Å². The van der Waals surface area contributed by atoms with Crippen molar-refractivity contribution in [3.05, 3.63) is 151 Å². The quantitative estimate of drug-likeness (QED) is 0.199. The maximum absolute atomic E-state index is 10.0. The summed E-state index contributed by atoms with van der Waals surface area (Å²) in [7, 11) is 0. The van der Waals surface area contributed by atoms with Gasteiger partial charge in [0, 0.05) is 32.8 Å². The molecule has 0 bridgehead atoms. The maximum atomic E-state index is 10.0. The Morgan fingerprint density at radius 2 is 1.17 bits per heavy atom. The van der Waals surface area contributed by atoms with E-state index in [4.69, 9.17) is 29.0 Å². The minimum atomic E-state index is -0.506. The van der Waals surface area contributed by atoms with Gasteiger partial charge in [-0.05, 0) is 45.4 Å². The van der Waals surface area contributed by atoms with Crippen LogP contribution in [0.2, 0.25) is 0 Å². The van der Waals surface area contributed by atoms with E-state index in [0.29, 0.717) is 16.7 Å². The fraction of sp³-hybridized carbons (Fsp3) is 0. The van der Waals surface area contributed by atoms with Crippen molar-refractivity contribution >= 4 is 43.5 Å². The minimum absolute atomic E-state index is 0.0173. The third-order valence-corrected chi connectivity index (χ3v) is 8.32. The molecule has 9 rings (SSSR count). The van der Waals surface area contributed by atoms with Gasteiger partial charge in [-0.3, -0.25) is 0 Å². The summed E-state index contributed by atoms with van der Waals surface area (Å²) in [6, 6.07) is 31.7. The van der Waals surface area contributed by atoms with Gasteiger partial charge < -0.3 is 4.42 Å². The van der Waals surface area contributed by atoms with Crippen molar-refractivity contribution < 1.29 is 14.0 Å². The van der Waals surface area contributed by atoms with Crippen molar-refractivity contribution in [2.24, 2.45) is 0 Å². The minimum Gasteiger partial charge on any atom is -0.456 e. The highest BCUT2D eigenvalue weighted by Crippen LogP contribution is 2.40. The topological polar surface area (TPSA) is 75.6 Å². The number of nitriles is 1. The van der Waals surface area contributed by atoms with Crippen LogP contribution in [0.4, 0.5) is 0 Å². The molecule has 2 aromatic heterocycles. The smallest absolute Gasteiger partial charge is 0.164 e. The first-order chi connectivity index (χ1) is 26.2. The van der Waals surface area contributed by atoms with Crippen LogP contribution in [0.15, 0.2) is 150 Å². The van der Waals surface area contributed by atoms with E-state index in [2.05, 4.69) is 6.07 Å². The van der Waals surface area contributed by atoms with E-state index in [1.165, 1.54) is 0 Å². The lowest BCUT2D eigenvalue weighted by molar-refractivity contribution is 0.669. The summed E-state index contributed by atoms with van der Waals surface area (Å²) < 4.78 is 66.4. The zero-order chi connectivity index (χ0) is 37.4. The zero-order valence-electron chi connectivity index (χ0n) is 31.5. The van der Waals surface area contributed by atoms with Crippen LogP contribution < -0.4 is 0 Å². The lowest BCUT2D eigenvalue weighted by Crippen LogP contribution is -2.01. The fourth-order valence-corrected chi connectivity index (χ4v) is 6.25. The second-order valence-electron chi connectivity index (χ2n) is 11.0. The Hall–Kier alpha value is -6.64. The molecule has 0 spiro atoms. The van der Waals surface area contributed by atoms with E-state index in [0.717, 1.165) is 32.7 Å². The van der Waals surface area contributed by atoms with E-state index in [9.17, 15) is 5.26 Å². The lowest BCUT2D eigenvalue weighted by atomic mass is 9.90. The molecule has 0 atom stereocenters. The van der Waals surface area contributed by atoms with Gasteiger partial charge in [-0.2, -0.15) is 5.26 Å². The number of furan rings is 1. The van der Waals surface area contributed by atoms with Crippen molar-refractivity contribution in [3.8, 4) is 51.4 Å². The van der Waals surface area contributed by atoms with Gasteiger partial charge in [0.2, 0.25) is 0 Å². The Morgan fingerprint density at radius 1 is 0.511 bits per heavy atom. The molecule has 47 heavy (non-hydrogen) atoms. The fourth-order valence-electron chi connectivity index (χ4n) is 6.25. The molecule has 0 saturated carbocycles. The predicted molar refractivity (Wildman–Crippen MR) is 189 cm³/mol. The number of fused-ring (bicyclic) bond motifs is 5. The van der Waals surface area contributed by atoms with Crippen molar-refractivity contribution in [1.82, 2.24) is 15.0 Å². The van der Waals surface area contributed by atoms with E-state index in [1.807, 2.05) is 97.1 Å². The molecule has 5 nitrogen and oxygen atoms in total. The Balaban J connectivity index is 1.37. The number of nitrogens with zero attached hydrogens (tertiary/aromatic N) is 4. The van der Waals surface area contributed by atoms with Crippen LogP contribution in [0.1, 0.15) is 15.2 Å². The van der Waals surface area contributed by atoms with E-state index in [-0.39, 0.29) is 45.0 Å². The van der Waals surface area contributed by atoms with Crippen LogP contribution >= 0.6 is 0 Å². The van der Waals surface area contributed by atoms with Gasteiger partial charge in [-0.25, -0.2) is 15.0 Å². The number of hydrogen-bond donors (Lipinski definition) is 0. The average Bonchev–Trinajstić information content (AvgIpc) is 3.61. The van der Waals surface area contributed by atoms with Crippen molar-refractivity contribution in [3.63, 3.8) is 0 Å². The molecule has 5 heteroatoms. The van der Waals surface area contributed by atoms with E-state index in [1.54, 1.807) is 6.07 Å². The summed E-state index contributed by atoms with van der Waals surface area (Å²) in [5.74, 6) is 0.486. The lowest BCUT2D eigenvalue weighted by Gasteiger charge is -2.14. The second kappa shape index (κ2) is 10.8. The number of hydrogen-bond acceptors (Lipinski definition) is 5. The van der Waals surface area contributed by atoms with E-state index >= 15 is 0 Å². The standard InChI is InChI=1S/C42H24N4O/c43-25-28-15-6-13-26-14-7-20-32(38(26)28)30-18-8-19-31-29(30)17-9-21-33(31)41-44-40(27-11-2-1-3-12-27)45-42(46-41)35-22-10-24-37-39(35)34-16-4-5-23-36(34)47-37/h1-24H/i4D,5D,10D,16D,22D,23D,24D. The number of para-hydroxylation sites is 1. The predicted octanol–water partition coefficient (Wildman–Crippen LogP) is 10.6. The normalized spacial score (nSPS) is 13.5. The van der Waals surface area contributed by atoms with Crippen LogP contribution in [0.3, 0.4) is 0 Å². The number of rotatable bonds is 4. The van der Waals surface area contributed by atoms with Crippen LogP contribution in [0.25, 0.3) is 88.8 Å². The molecule has 2 heterocycles. The molecule has 7 aromatic carbocycles. The molecular weight excluding hydrogens is 576 g/mol. The van der Waals surface area contributed by atoms with Crippen molar-refractivity contribution in [2.45, 2.75) is 0 Å². The molecule has 0 amide bonds. The van der Waals surface area contributed by atoms with Crippen LogP contribution in [0, 0.1) is 11.3 Å². The highest BCUT2D eigenvalue weighted by molar-refractivity contribution is 6.12. The van der Waals surface area contributed by atoms with Gasteiger partial charge >= 0.3 is 0 Å². The number of benzene rings is 7. The molecule has 0 aliphatic carbocycles. The van der Waals surface area contributed by atoms with Gasteiger partial charge in [0.25, 0.3) is 0 Å². The van der Waals surface area contributed by atoms with Gasteiger partial charge in [-0.1, -0.05) is 127 Å². The molecule has 0 saturated heterocycles. The van der Waals surface area contributed by atoms with Gasteiger partial charge in [0.15, 0.2) is 17.5 Å². The highest BCUT2D eigenvalue weighted by Gasteiger charge is 2.19. The molecule has 218 valence electrons. The summed E-state index contributed by atoms with van der Waals surface area (Å²) in [6.07, 6.45) is 0. The Morgan fingerprint density at radius 3 is 2.00 bits per heavy atom. The summed E-state index contributed by atoms with van der Waals surface area (Å²) in [4.78, 5) is 14.7. The molecule has 0 fully saturated rings. The number of aromatic nitrogens is 3. The van der Waals surface area contributed by atoms with Gasteiger partial charge in [-0.15, -0.1) is 0 Å². The molecular formula is C42H24N4O. The van der Waals surface area contributed by atoms with Crippen LogP contribution in [0.5, 0.6) is 0 Å². The average molecular weight is 608 g/mol. The molecule has 9 aromatic rings. The van der Waals surface area contributed by atoms with Gasteiger partial charge in [0.1, 0.15) is 11.2 Å². The SMILES string of the molecule is [2H]c1c([2H])c([2H])c2c(oc3c([2H])c([2H])c([2H])c(-c4nc(-c5ccccc5)nc(-c5cccc6c(-c7cccc8cccc(C#N)c78)cccc56)n4)c32)c1[2H]. The summed E-state index contributed by atoms with van der Waals surface area (Å²) in [5.41, 5.74) is 3.27. The van der Waals surface area contributed by atoms with Crippen molar-refractivity contribution in [1.29, 1.82) is 5.26 Å². The first kappa shape index (κ1) is 20.4. The Kier molecular flexibility index (Phi) is 4.67. The zero-order valence-corrected chi connectivity index (χ0v) is 24.5. The third-order valence-electron chi connectivity index (χ3n) is 8.32. The monoisotopic (exact) mass is 607 g/mol. The Bertz CT molecular complexity index is 3100. The molecule has 0 aliphatic heterocycles. The van der Waals surface area contributed by atoms with Crippen LogP contribution in [-0.4, -0.2) is 15.0 Å². The largest absolute Gasteiger partial charge is 0.456 e. The third kappa shape index (κ3) is 4.35. The highest BCUT2D eigenvalue weighted by atomic mass is 16.3. The molecule has 0 unspecified atom stereocenters. The summed E-state index contributed by atoms with van der Waals surface area (Å²) in [5, 5.41) is 13.5. The first-order valence-corrected chi connectivity index (χ1v) is 14.9.